The fourth-order valence-electron chi connectivity index (χ4n) is 3.06. The first-order valence-corrected chi connectivity index (χ1v) is 7.44. The van der Waals surface area contributed by atoms with Gasteiger partial charge in [0.2, 0.25) is 5.88 Å². The second-order valence-corrected chi connectivity index (χ2v) is 5.47. The minimum Gasteiger partial charge on any atom is -0.477 e. The van der Waals surface area contributed by atoms with Crippen molar-refractivity contribution in [3.63, 3.8) is 0 Å². The van der Waals surface area contributed by atoms with E-state index in [1.54, 1.807) is 0 Å². The van der Waals surface area contributed by atoms with Crippen molar-refractivity contribution >= 4 is 11.6 Å². The van der Waals surface area contributed by atoms with Gasteiger partial charge in [0.25, 0.3) is 0 Å². The molecule has 0 atom stereocenters. The van der Waals surface area contributed by atoms with E-state index in [9.17, 15) is 9.59 Å². The highest BCUT2D eigenvalue weighted by Crippen LogP contribution is 2.34. The Hall–Kier alpha value is -2.10. The first kappa shape index (κ1) is 13.9. The number of carbonyl (C=O) groups is 2. The highest BCUT2D eigenvalue weighted by molar-refractivity contribution is 6.22. The second-order valence-electron chi connectivity index (χ2n) is 5.47. The van der Waals surface area contributed by atoms with Crippen molar-refractivity contribution < 1.29 is 14.3 Å². The van der Waals surface area contributed by atoms with Crippen molar-refractivity contribution in [1.29, 1.82) is 0 Å². The van der Waals surface area contributed by atoms with Crippen LogP contribution in [0.5, 0.6) is 0 Å². The summed E-state index contributed by atoms with van der Waals surface area (Å²) in [5, 5.41) is 0. The van der Waals surface area contributed by atoms with Gasteiger partial charge in [0.1, 0.15) is 12.2 Å². The largest absolute Gasteiger partial charge is 0.477 e. The van der Waals surface area contributed by atoms with E-state index in [0.29, 0.717) is 25.3 Å². The molecule has 4 nitrogen and oxygen atoms in total. The maximum absolute atomic E-state index is 12.5. The van der Waals surface area contributed by atoms with Crippen LogP contribution in [0.2, 0.25) is 0 Å². The van der Waals surface area contributed by atoms with Crippen LogP contribution < -0.4 is 0 Å². The molecule has 110 valence electrons. The molecule has 1 aliphatic heterocycles. The highest BCUT2D eigenvalue weighted by atomic mass is 16.5. The first-order chi connectivity index (χ1) is 10.2. The summed E-state index contributed by atoms with van der Waals surface area (Å²) in [6.45, 7) is 4.05. The lowest BCUT2D eigenvalue weighted by molar-refractivity contribution is -0.124. The summed E-state index contributed by atoms with van der Waals surface area (Å²) in [4.78, 5) is 26.9. The zero-order valence-corrected chi connectivity index (χ0v) is 12.2. The quantitative estimate of drug-likeness (QED) is 0.618. The Balaban J connectivity index is 1.87. The molecule has 1 aliphatic carbocycles. The van der Waals surface area contributed by atoms with Crippen molar-refractivity contribution in [2.75, 3.05) is 19.7 Å². The van der Waals surface area contributed by atoms with Gasteiger partial charge in [-0.2, -0.15) is 0 Å². The van der Waals surface area contributed by atoms with Gasteiger partial charge in [-0.3, -0.25) is 9.59 Å². The van der Waals surface area contributed by atoms with Crippen LogP contribution >= 0.6 is 0 Å². The number of Topliss-reactive ketones (excluding diaryl/α,β-unsaturated/α-hetero) is 2. The molecule has 1 aromatic carbocycles. The van der Waals surface area contributed by atoms with Crippen molar-refractivity contribution in [3.8, 4) is 0 Å². The van der Waals surface area contributed by atoms with Crippen LogP contribution in [0.25, 0.3) is 0 Å². The van der Waals surface area contributed by atoms with Crippen molar-refractivity contribution in [3.05, 3.63) is 47.4 Å². The molecule has 4 heteroatoms. The molecule has 0 radical (unpaired) electrons. The number of rotatable bonds is 2. The summed E-state index contributed by atoms with van der Waals surface area (Å²) >= 11 is 0. The van der Waals surface area contributed by atoms with Crippen LogP contribution in [-0.4, -0.2) is 36.2 Å². The van der Waals surface area contributed by atoms with Crippen molar-refractivity contribution in [2.45, 2.75) is 25.7 Å². The maximum atomic E-state index is 12.5. The van der Waals surface area contributed by atoms with E-state index in [1.165, 1.54) is 0 Å². The average Bonchev–Trinajstić information content (AvgIpc) is 2.95. The van der Waals surface area contributed by atoms with E-state index >= 15 is 0 Å². The van der Waals surface area contributed by atoms with Gasteiger partial charge >= 0.3 is 0 Å². The molecule has 2 fully saturated rings. The molecular weight excluding hydrogens is 266 g/mol. The number of likely N-dealkylation sites (N-methyl/N-ethyl adjacent to an activating group) is 1. The highest BCUT2D eigenvalue weighted by Gasteiger charge is 2.37. The minimum absolute atomic E-state index is 0.00738. The molecule has 0 unspecified atom stereocenters. The Morgan fingerprint density at radius 2 is 1.81 bits per heavy atom. The molecule has 3 rings (SSSR count). The summed E-state index contributed by atoms with van der Waals surface area (Å²) < 4.78 is 5.54. The number of ketones is 2. The number of carbonyl (C=O) groups excluding carboxylic acids is 2. The molecule has 0 amide bonds. The van der Waals surface area contributed by atoms with Crippen LogP contribution in [0.15, 0.2) is 41.8 Å². The van der Waals surface area contributed by atoms with E-state index in [-0.39, 0.29) is 23.1 Å². The van der Waals surface area contributed by atoms with E-state index in [0.717, 1.165) is 18.7 Å². The Bertz CT molecular complexity index is 571. The van der Waals surface area contributed by atoms with Gasteiger partial charge in [0.05, 0.1) is 6.54 Å². The number of benzene rings is 1. The lowest BCUT2D eigenvalue weighted by atomic mass is 9.80. The third-order valence-corrected chi connectivity index (χ3v) is 4.18. The normalized spacial score (nSPS) is 22.7. The molecule has 1 saturated carbocycles. The molecule has 2 aliphatic rings. The standard InChI is InChI=1S/C17H19NO3/c1-2-18-8-9-21-17(18)16-14(19)10-13(11-15(16)20)12-6-4-3-5-7-12/h3-7,13H,2,8-11H2,1H3. The summed E-state index contributed by atoms with van der Waals surface area (Å²) in [5.41, 5.74) is 1.34. The number of hydrogen-bond acceptors (Lipinski definition) is 4. The SMILES string of the molecule is CCN1CCOC1=C1C(=O)CC(c2ccccc2)CC1=O. The molecule has 21 heavy (non-hydrogen) atoms. The summed E-state index contributed by atoms with van der Waals surface area (Å²) in [5.74, 6) is 0.317. The smallest absolute Gasteiger partial charge is 0.204 e. The topological polar surface area (TPSA) is 46.6 Å². The molecule has 0 spiro atoms. The van der Waals surface area contributed by atoms with Crippen LogP contribution in [0.1, 0.15) is 31.2 Å². The molecule has 1 aromatic rings. The monoisotopic (exact) mass is 285 g/mol. The lowest BCUT2D eigenvalue weighted by Gasteiger charge is -2.25. The van der Waals surface area contributed by atoms with Gasteiger partial charge in [-0.1, -0.05) is 30.3 Å². The molecule has 1 saturated heterocycles. The fourth-order valence-corrected chi connectivity index (χ4v) is 3.06. The zero-order valence-electron chi connectivity index (χ0n) is 12.2. The molecular formula is C17H19NO3. The number of ether oxygens (including phenoxy) is 1. The number of hydrogen-bond donors (Lipinski definition) is 0. The van der Waals surface area contributed by atoms with Gasteiger partial charge in [0, 0.05) is 19.4 Å². The fraction of sp³-hybridized carbons (Fsp3) is 0.412. The van der Waals surface area contributed by atoms with Gasteiger partial charge in [-0.25, -0.2) is 0 Å². The van der Waals surface area contributed by atoms with Gasteiger partial charge in [0.15, 0.2) is 11.6 Å². The van der Waals surface area contributed by atoms with E-state index in [2.05, 4.69) is 0 Å². The van der Waals surface area contributed by atoms with Gasteiger partial charge < -0.3 is 9.64 Å². The zero-order chi connectivity index (χ0) is 14.8. The van der Waals surface area contributed by atoms with Crippen LogP contribution in [0, 0.1) is 0 Å². The van der Waals surface area contributed by atoms with E-state index in [1.807, 2.05) is 42.2 Å². The van der Waals surface area contributed by atoms with Crippen LogP contribution in [0.3, 0.4) is 0 Å². The number of nitrogens with zero attached hydrogens (tertiary/aromatic N) is 1. The Morgan fingerprint density at radius 3 is 2.43 bits per heavy atom. The molecule has 0 N–H and O–H groups in total. The Morgan fingerprint density at radius 1 is 1.14 bits per heavy atom. The maximum Gasteiger partial charge on any atom is 0.204 e. The molecule has 0 bridgehead atoms. The minimum atomic E-state index is -0.0875. The summed E-state index contributed by atoms with van der Waals surface area (Å²) in [7, 11) is 0. The second kappa shape index (κ2) is 5.72. The summed E-state index contributed by atoms with van der Waals surface area (Å²) in [6, 6.07) is 9.78. The third kappa shape index (κ3) is 2.58. The van der Waals surface area contributed by atoms with Crippen LogP contribution in [-0.2, 0) is 14.3 Å². The van der Waals surface area contributed by atoms with E-state index < -0.39 is 0 Å². The third-order valence-electron chi connectivity index (χ3n) is 4.18. The Labute approximate surface area is 124 Å². The molecule has 1 heterocycles. The Kier molecular flexibility index (Phi) is 3.78. The van der Waals surface area contributed by atoms with Crippen molar-refractivity contribution in [2.24, 2.45) is 0 Å². The molecule has 0 aromatic heterocycles. The van der Waals surface area contributed by atoms with Gasteiger partial charge in [-0.15, -0.1) is 0 Å². The lowest BCUT2D eigenvalue weighted by Crippen LogP contribution is -2.30. The van der Waals surface area contributed by atoms with Crippen LogP contribution in [0.4, 0.5) is 0 Å². The predicted octanol–water partition coefficient (Wildman–Crippen LogP) is 2.27. The van der Waals surface area contributed by atoms with Gasteiger partial charge in [-0.05, 0) is 18.4 Å². The first-order valence-electron chi connectivity index (χ1n) is 7.44. The average molecular weight is 285 g/mol. The van der Waals surface area contributed by atoms with E-state index in [4.69, 9.17) is 4.74 Å². The van der Waals surface area contributed by atoms with Crippen molar-refractivity contribution in [1.82, 2.24) is 4.90 Å². The predicted molar refractivity (Wildman–Crippen MR) is 78.7 cm³/mol. The summed E-state index contributed by atoms with van der Waals surface area (Å²) in [6.07, 6.45) is 0.769. The number of allylic oxidation sites excluding steroid dienone is 1.